The Morgan fingerprint density at radius 1 is 1.27 bits per heavy atom. The van der Waals surface area contributed by atoms with Crippen LogP contribution in [0.5, 0.6) is 0 Å². The van der Waals surface area contributed by atoms with E-state index in [1.807, 2.05) is 29.9 Å². The van der Waals surface area contributed by atoms with Crippen LogP contribution < -0.4 is 5.32 Å². The minimum absolute atomic E-state index is 0.0462. The zero-order valence-electron chi connectivity index (χ0n) is 14.2. The molecule has 2 heterocycles. The van der Waals surface area contributed by atoms with Crippen molar-refractivity contribution in [3.8, 4) is 11.1 Å². The number of anilines is 1. The number of pyridine rings is 1. The molecule has 0 aliphatic carbocycles. The number of aromatic nitrogens is 3. The summed E-state index contributed by atoms with van der Waals surface area (Å²) in [6, 6.07) is 3.81. The van der Waals surface area contributed by atoms with Crippen molar-refractivity contribution in [1.29, 1.82) is 0 Å². The summed E-state index contributed by atoms with van der Waals surface area (Å²) in [6.45, 7) is 10.9. The van der Waals surface area contributed by atoms with Crippen molar-refractivity contribution in [2.75, 3.05) is 12.4 Å². The average molecular weight is 300 g/mol. The molecule has 0 bridgehead atoms. The van der Waals surface area contributed by atoms with E-state index in [2.05, 4.69) is 36.2 Å². The number of carbonyl (C=O) groups excluding carboxylic acids is 1. The van der Waals surface area contributed by atoms with Crippen molar-refractivity contribution in [2.45, 2.75) is 41.2 Å². The van der Waals surface area contributed by atoms with Crippen LogP contribution in [-0.4, -0.2) is 27.6 Å². The summed E-state index contributed by atoms with van der Waals surface area (Å²) >= 11 is 0. The first-order valence-electron chi connectivity index (χ1n) is 7.45. The van der Waals surface area contributed by atoms with Gasteiger partial charge in [-0.1, -0.05) is 20.8 Å². The number of Topliss-reactive ketones (excluding diaryl/α,β-unsaturated/α-hetero) is 1. The standard InChI is InChI=1S/C17H24N4O/c1-11-14(9-19-21(11)10-17(3,4)5)13-7-8-15(18-6)20-16(13)12(2)22/h7-9H,10H2,1-6H3,(H,18,20). The number of hydrogen-bond acceptors (Lipinski definition) is 4. The van der Waals surface area contributed by atoms with Gasteiger partial charge in [0.05, 0.1) is 6.20 Å². The molecular formula is C17H24N4O. The minimum atomic E-state index is -0.0462. The van der Waals surface area contributed by atoms with E-state index in [9.17, 15) is 4.79 Å². The van der Waals surface area contributed by atoms with Crippen molar-refractivity contribution in [3.05, 3.63) is 29.7 Å². The molecule has 0 unspecified atom stereocenters. The van der Waals surface area contributed by atoms with E-state index in [1.54, 1.807) is 14.0 Å². The van der Waals surface area contributed by atoms with Gasteiger partial charge in [-0.3, -0.25) is 9.48 Å². The molecule has 0 spiro atoms. The van der Waals surface area contributed by atoms with Crippen molar-refractivity contribution >= 4 is 11.6 Å². The molecule has 0 aliphatic rings. The van der Waals surface area contributed by atoms with Crippen LogP contribution in [0.15, 0.2) is 18.3 Å². The van der Waals surface area contributed by atoms with Crippen molar-refractivity contribution < 1.29 is 4.79 Å². The second kappa shape index (κ2) is 5.91. The molecule has 0 atom stereocenters. The van der Waals surface area contributed by atoms with E-state index in [1.165, 1.54) is 0 Å². The second-order valence-electron chi connectivity index (χ2n) is 6.76. The summed E-state index contributed by atoms with van der Waals surface area (Å²) in [5.74, 6) is 0.642. The smallest absolute Gasteiger partial charge is 0.178 e. The summed E-state index contributed by atoms with van der Waals surface area (Å²) in [5, 5.41) is 7.45. The topological polar surface area (TPSA) is 59.8 Å². The molecule has 5 heteroatoms. The normalized spacial score (nSPS) is 11.5. The van der Waals surface area contributed by atoms with Gasteiger partial charge in [0, 0.05) is 37.3 Å². The Labute approximate surface area is 131 Å². The predicted octanol–water partition coefficient (Wildman–Crippen LogP) is 3.54. The molecule has 0 radical (unpaired) electrons. The lowest BCUT2D eigenvalue weighted by Crippen LogP contribution is -2.17. The first-order valence-corrected chi connectivity index (χ1v) is 7.45. The Morgan fingerprint density at radius 2 is 1.95 bits per heavy atom. The Bertz CT molecular complexity index is 695. The van der Waals surface area contributed by atoms with Crippen LogP contribution in [0.1, 0.15) is 43.9 Å². The summed E-state index contributed by atoms with van der Waals surface area (Å²) < 4.78 is 1.99. The number of ketones is 1. The van der Waals surface area contributed by atoms with E-state index >= 15 is 0 Å². The molecule has 5 nitrogen and oxygen atoms in total. The molecule has 0 aromatic carbocycles. The quantitative estimate of drug-likeness (QED) is 0.877. The largest absolute Gasteiger partial charge is 0.373 e. The third-order valence-corrected chi connectivity index (χ3v) is 3.50. The van der Waals surface area contributed by atoms with Crippen molar-refractivity contribution in [3.63, 3.8) is 0 Å². The van der Waals surface area contributed by atoms with Crippen LogP contribution in [0.25, 0.3) is 11.1 Å². The van der Waals surface area contributed by atoms with Crippen LogP contribution in [0, 0.1) is 12.3 Å². The maximum atomic E-state index is 11.9. The van der Waals surface area contributed by atoms with E-state index < -0.39 is 0 Å². The molecule has 0 saturated heterocycles. The van der Waals surface area contributed by atoms with Gasteiger partial charge in [0.2, 0.25) is 0 Å². The highest BCUT2D eigenvalue weighted by atomic mass is 16.1. The number of rotatable bonds is 4. The van der Waals surface area contributed by atoms with Gasteiger partial charge >= 0.3 is 0 Å². The summed E-state index contributed by atoms with van der Waals surface area (Å²) in [7, 11) is 1.79. The predicted molar refractivity (Wildman–Crippen MR) is 89.2 cm³/mol. The molecule has 0 aliphatic heterocycles. The van der Waals surface area contributed by atoms with Crippen LogP contribution in [0.2, 0.25) is 0 Å². The molecule has 1 N–H and O–H groups in total. The molecule has 22 heavy (non-hydrogen) atoms. The van der Waals surface area contributed by atoms with Crippen LogP contribution in [0.4, 0.5) is 5.82 Å². The fourth-order valence-electron chi connectivity index (χ4n) is 2.40. The lowest BCUT2D eigenvalue weighted by molar-refractivity contribution is 0.101. The van der Waals surface area contributed by atoms with Gasteiger partial charge < -0.3 is 5.32 Å². The van der Waals surface area contributed by atoms with E-state index in [-0.39, 0.29) is 11.2 Å². The Morgan fingerprint density at radius 3 is 2.50 bits per heavy atom. The van der Waals surface area contributed by atoms with Crippen molar-refractivity contribution in [2.24, 2.45) is 5.41 Å². The molecule has 2 rings (SSSR count). The number of nitrogens with zero attached hydrogens (tertiary/aromatic N) is 3. The summed E-state index contributed by atoms with van der Waals surface area (Å²) in [5.41, 5.74) is 3.47. The van der Waals surface area contributed by atoms with Gasteiger partial charge in [-0.05, 0) is 24.5 Å². The van der Waals surface area contributed by atoms with Gasteiger partial charge in [0.15, 0.2) is 5.78 Å². The lowest BCUT2D eigenvalue weighted by Gasteiger charge is -2.19. The molecule has 0 saturated carbocycles. The molecular weight excluding hydrogens is 276 g/mol. The van der Waals surface area contributed by atoms with Crippen molar-refractivity contribution in [1.82, 2.24) is 14.8 Å². The lowest BCUT2D eigenvalue weighted by atomic mass is 9.96. The third kappa shape index (κ3) is 3.35. The molecule has 0 fully saturated rings. The fourth-order valence-corrected chi connectivity index (χ4v) is 2.40. The maximum absolute atomic E-state index is 11.9. The highest BCUT2D eigenvalue weighted by Gasteiger charge is 2.19. The van der Waals surface area contributed by atoms with Gasteiger partial charge in [-0.15, -0.1) is 0 Å². The Kier molecular flexibility index (Phi) is 4.35. The first kappa shape index (κ1) is 16.2. The fraction of sp³-hybridized carbons (Fsp3) is 0.471. The van der Waals surface area contributed by atoms with Crippen LogP contribution >= 0.6 is 0 Å². The van der Waals surface area contributed by atoms with Gasteiger partial charge in [-0.25, -0.2) is 4.98 Å². The minimum Gasteiger partial charge on any atom is -0.373 e. The number of nitrogens with one attached hydrogen (secondary N) is 1. The van der Waals surface area contributed by atoms with Gasteiger partial charge in [-0.2, -0.15) is 5.10 Å². The summed E-state index contributed by atoms with van der Waals surface area (Å²) in [4.78, 5) is 16.3. The van der Waals surface area contributed by atoms with E-state index in [4.69, 9.17) is 0 Å². The zero-order valence-corrected chi connectivity index (χ0v) is 14.2. The summed E-state index contributed by atoms with van der Waals surface area (Å²) in [6.07, 6.45) is 1.82. The van der Waals surface area contributed by atoms with Crippen LogP contribution in [0.3, 0.4) is 0 Å². The third-order valence-electron chi connectivity index (χ3n) is 3.50. The second-order valence-corrected chi connectivity index (χ2v) is 6.76. The highest BCUT2D eigenvalue weighted by Crippen LogP contribution is 2.28. The zero-order chi connectivity index (χ0) is 16.5. The van der Waals surface area contributed by atoms with E-state index in [0.717, 1.165) is 23.4 Å². The maximum Gasteiger partial charge on any atom is 0.178 e. The first-order chi connectivity index (χ1) is 10.2. The number of carbonyl (C=O) groups is 1. The van der Waals surface area contributed by atoms with E-state index in [0.29, 0.717) is 11.5 Å². The van der Waals surface area contributed by atoms with Gasteiger partial charge in [0.25, 0.3) is 0 Å². The Hall–Kier alpha value is -2.17. The molecule has 0 amide bonds. The highest BCUT2D eigenvalue weighted by molar-refractivity contribution is 5.99. The number of hydrogen-bond donors (Lipinski definition) is 1. The molecule has 2 aromatic rings. The monoisotopic (exact) mass is 300 g/mol. The average Bonchev–Trinajstić information content (AvgIpc) is 2.77. The Balaban J connectivity index is 2.51. The van der Waals surface area contributed by atoms with Crippen LogP contribution in [-0.2, 0) is 6.54 Å². The SMILES string of the molecule is CNc1ccc(-c2cnn(CC(C)(C)C)c2C)c(C(C)=O)n1. The molecule has 2 aromatic heterocycles. The molecule has 118 valence electrons. The van der Waals surface area contributed by atoms with Gasteiger partial charge in [0.1, 0.15) is 11.5 Å².